The van der Waals surface area contributed by atoms with Crippen molar-refractivity contribution in [3.63, 3.8) is 0 Å². The monoisotopic (exact) mass is 303 g/mol. The molecule has 0 aliphatic rings. The highest BCUT2D eigenvalue weighted by atomic mass is 32.2. The first-order valence-electron chi connectivity index (χ1n) is 7.17. The van der Waals surface area contributed by atoms with Crippen molar-refractivity contribution in [3.8, 4) is 0 Å². The fourth-order valence-electron chi connectivity index (χ4n) is 2.23. The Kier molecular flexibility index (Phi) is 4.68. The predicted octanol–water partition coefficient (Wildman–Crippen LogP) is 3.77. The van der Waals surface area contributed by atoms with Gasteiger partial charge in [0.1, 0.15) is 0 Å². The van der Waals surface area contributed by atoms with Gasteiger partial charge in [0.15, 0.2) is 0 Å². The fraction of sp³-hybridized carbons (Fsp3) is 0.294. The molecule has 0 spiro atoms. The maximum Gasteiger partial charge on any atom is 0.264 e. The van der Waals surface area contributed by atoms with Crippen LogP contribution in [-0.2, 0) is 16.4 Å². The molecule has 0 aliphatic carbocycles. The first kappa shape index (κ1) is 15.6. The van der Waals surface area contributed by atoms with Crippen molar-refractivity contribution >= 4 is 15.7 Å². The van der Waals surface area contributed by atoms with Crippen molar-refractivity contribution in [2.24, 2.45) is 0 Å². The van der Waals surface area contributed by atoms with Crippen LogP contribution in [0.3, 0.4) is 0 Å². The van der Waals surface area contributed by atoms with Gasteiger partial charge in [0, 0.05) is 6.54 Å². The Hall–Kier alpha value is -1.81. The van der Waals surface area contributed by atoms with Crippen molar-refractivity contribution in [1.82, 2.24) is 0 Å². The van der Waals surface area contributed by atoms with Gasteiger partial charge in [0.05, 0.1) is 10.6 Å². The second-order valence-electron chi connectivity index (χ2n) is 5.00. The lowest BCUT2D eigenvalue weighted by Gasteiger charge is -2.23. The molecule has 0 bridgehead atoms. The molecule has 2 aromatic carbocycles. The molecule has 4 heteroatoms. The summed E-state index contributed by atoms with van der Waals surface area (Å²) in [5.41, 5.74) is 2.95. The topological polar surface area (TPSA) is 37.4 Å². The Morgan fingerprint density at radius 1 is 0.905 bits per heavy atom. The lowest BCUT2D eigenvalue weighted by atomic mass is 10.1. The van der Waals surface area contributed by atoms with Crippen LogP contribution >= 0.6 is 0 Å². The molecule has 112 valence electrons. The van der Waals surface area contributed by atoms with Gasteiger partial charge in [-0.3, -0.25) is 4.31 Å². The molecular weight excluding hydrogens is 282 g/mol. The van der Waals surface area contributed by atoms with Crippen molar-refractivity contribution in [3.05, 3.63) is 59.7 Å². The zero-order chi connectivity index (χ0) is 15.5. The average molecular weight is 303 g/mol. The van der Waals surface area contributed by atoms with Gasteiger partial charge in [-0.15, -0.1) is 0 Å². The van der Waals surface area contributed by atoms with Gasteiger partial charge in [-0.25, -0.2) is 8.42 Å². The van der Waals surface area contributed by atoms with E-state index in [1.165, 1.54) is 9.87 Å². The van der Waals surface area contributed by atoms with Crippen LogP contribution in [0.4, 0.5) is 5.69 Å². The van der Waals surface area contributed by atoms with Gasteiger partial charge in [-0.1, -0.05) is 36.8 Å². The summed E-state index contributed by atoms with van der Waals surface area (Å²) in [4.78, 5) is 0.328. The first-order valence-corrected chi connectivity index (χ1v) is 8.61. The minimum absolute atomic E-state index is 0.328. The highest BCUT2D eigenvalue weighted by Gasteiger charge is 2.23. The molecule has 0 saturated carbocycles. The first-order chi connectivity index (χ1) is 9.98. The van der Waals surface area contributed by atoms with Crippen LogP contribution < -0.4 is 4.31 Å². The summed E-state index contributed by atoms with van der Waals surface area (Å²) >= 11 is 0. The van der Waals surface area contributed by atoms with E-state index in [1.807, 2.05) is 50.2 Å². The zero-order valence-corrected chi connectivity index (χ0v) is 13.5. The van der Waals surface area contributed by atoms with E-state index in [0.717, 1.165) is 12.0 Å². The number of benzene rings is 2. The average Bonchev–Trinajstić information content (AvgIpc) is 2.49. The fourth-order valence-corrected chi connectivity index (χ4v) is 3.70. The number of hydrogen-bond donors (Lipinski definition) is 0. The lowest BCUT2D eigenvalue weighted by Crippen LogP contribution is -2.30. The summed E-state index contributed by atoms with van der Waals surface area (Å²) in [7, 11) is -3.51. The second kappa shape index (κ2) is 6.31. The Bertz CT molecular complexity index is 689. The third kappa shape index (κ3) is 3.27. The van der Waals surface area contributed by atoms with E-state index < -0.39 is 10.0 Å². The summed E-state index contributed by atoms with van der Waals surface area (Å²) in [6.07, 6.45) is 0.942. The van der Waals surface area contributed by atoms with Crippen LogP contribution in [0.15, 0.2) is 53.4 Å². The standard InChI is InChI=1S/C17H21NO2S/c1-4-15-8-10-16(11-9-15)18(5-2)21(19,20)17-12-6-14(3)7-13-17/h6-13H,4-5H2,1-3H3. The third-order valence-corrected chi connectivity index (χ3v) is 5.45. The van der Waals surface area contributed by atoms with E-state index in [1.54, 1.807) is 12.1 Å². The number of rotatable bonds is 5. The highest BCUT2D eigenvalue weighted by Crippen LogP contribution is 2.24. The molecule has 0 saturated heterocycles. The molecular formula is C17H21NO2S. The van der Waals surface area contributed by atoms with E-state index in [4.69, 9.17) is 0 Å². The Morgan fingerprint density at radius 2 is 1.48 bits per heavy atom. The molecule has 2 rings (SSSR count). The minimum Gasteiger partial charge on any atom is -0.267 e. The van der Waals surface area contributed by atoms with Crippen molar-refractivity contribution < 1.29 is 8.42 Å². The molecule has 21 heavy (non-hydrogen) atoms. The molecule has 0 amide bonds. The van der Waals surface area contributed by atoms with Crippen molar-refractivity contribution in [2.45, 2.75) is 32.1 Å². The van der Waals surface area contributed by atoms with Crippen LogP contribution in [0.1, 0.15) is 25.0 Å². The molecule has 0 heterocycles. The molecule has 0 aromatic heterocycles. The largest absolute Gasteiger partial charge is 0.267 e. The second-order valence-corrected chi connectivity index (χ2v) is 6.87. The van der Waals surface area contributed by atoms with Gasteiger partial charge < -0.3 is 0 Å². The van der Waals surface area contributed by atoms with E-state index in [0.29, 0.717) is 17.1 Å². The molecule has 0 atom stereocenters. The van der Waals surface area contributed by atoms with E-state index in [-0.39, 0.29) is 0 Å². The molecule has 0 radical (unpaired) electrons. The van der Waals surface area contributed by atoms with Crippen LogP contribution in [0.25, 0.3) is 0 Å². The van der Waals surface area contributed by atoms with E-state index in [9.17, 15) is 8.42 Å². The summed E-state index contributed by atoms with van der Waals surface area (Å²) in [5, 5.41) is 0. The summed E-state index contributed by atoms with van der Waals surface area (Å²) in [5.74, 6) is 0. The Morgan fingerprint density at radius 3 is 1.95 bits per heavy atom. The summed E-state index contributed by atoms with van der Waals surface area (Å²) in [6, 6.07) is 14.6. The third-order valence-electron chi connectivity index (χ3n) is 3.53. The predicted molar refractivity (Wildman–Crippen MR) is 87.2 cm³/mol. The summed E-state index contributed by atoms with van der Waals surface area (Å²) in [6.45, 7) is 6.27. The van der Waals surface area contributed by atoms with Gasteiger partial charge in [0.2, 0.25) is 0 Å². The van der Waals surface area contributed by atoms with Gasteiger partial charge in [-0.05, 0) is 50.1 Å². The van der Waals surface area contributed by atoms with Gasteiger partial charge in [0.25, 0.3) is 10.0 Å². The molecule has 0 fully saturated rings. The normalized spacial score (nSPS) is 11.4. The minimum atomic E-state index is -3.51. The molecule has 0 N–H and O–H groups in total. The SMILES string of the molecule is CCc1ccc(N(CC)S(=O)(=O)c2ccc(C)cc2)cc1. The van der Waals surface area contributed by atoms with E-state index >= 15 is 0 Å². The van der Waals surface area contributed by atoms with Gasteiger partial charge in [-0.2, -0.15) is 0 Å². The highest BCUT2D eigenvalue weighted by molar-refractivity contribution is 7.92. The van der Waals surface area contributed by atoms with Crippen molar-refractivity contribution in [2.75, 3.05) is 10.8 Å². The smallest absolute Gasteiger partial charge is 0.264 e. The lowest BCUT2D eigenvalue weighted by molar-refractivity contribution is 0.592. The van der Waals surface area contributed by atoms with E-state index in [2.05, 4.69) is 6.92 Å². The van der Waals surface area contributed by atoms with Crippen LogP contribution in [0, 0.1) is 6.92 Å². The number of hydrogen-bond acceptors (Lipinski definition) is 2. The maximum absolute atomic E-state index is 12.8. The van der Waals surface area contributed by atoms with Crippen LogP contribution in [0.5, 0.6) is 0 Å². The molecule has 2 aromatic rings. The number of aryl methyl sites for hydroxylation is 2. The number of sulfonamides is 1. The molecule has 0 aliphatic heterocycles. The van der Waals surface area contributed by atoms with Crippen LogP contribution in [0.2, 0.25) is 0 Å². The maximum atomic E-state index is 12.8. The quantitative estimate of drug-likeness (QED) is 0.843. The Labute approximate surface area is 127 Å². The number of anilines is 1. The zero-order valence-electron chi connectivity index (χ0n) is 12.7. The Balaban J connectivity index is 2.41. The number of nitrogens with zero attached hydrogens (tertiary/aromatic N) is 1. The van der Waals surface area contributed by atoms with Crippen LogP contribution in [-0.4, -0.2) is 15.0 Å². The summed E-state index contributed by atoms with van der Waals surface area (Å²) < 4.78 is 27.0. The van der Waals surface area contributed by atoms with Gasteiger partial charge >= 0.3 is 0 Å². The van der Waals surface area contributed by atoms with Crippen molar-refractivity contribution in [1.29, 1.82) is 0 Å². The molecule has 3 nitrogen and oxygen atoms in total. The molecule has 0 unspecified atom stereocenters.